The second-order valence-corrected chi connectivity index (χ2v) is 8.21. The maximum absolute atomic E-state index is 14.3. The molecule has 3 aromatic heterocycles. The lowest BCUT2D eigenvalue weighted by Gasteiger charge is -2.07. The Balaban J connectivity index is 1.43. The summed E-state index contributed by atoms with van der Waals surface area (Å²) in [5, 5.41) is 10.8. The minimum atomic E-state index is -0.792. The normalized spacial score (nSPS) is 11.0. The number of aromatic nitrogens is 2. The van der Waals surface area contributed by atoms with Crippen molar-refractivity contribution < 1.29 is 14.1 Å². The molecule has 0 radical (unpaired) electrons. The second kappa shape index (κ2) is 8.24. The van der Waals surface area contributed by atoms with E-state index in [0.717, 1.165) is 33.3 Å². The summed E-state index contributed by atoms with van der Waals surface area (Å²) in [6, 6.07) is 19.3. The van der Waals surface area contributed by atoms with Crippen LogP contribution >= 0.6 is 11.3 Å². The summed E-state index contributed by atoms with van der Waals surface area (Å²) in [5.41, 5.74) is 2.66. The lowest BCUT2D eigenvalue weighted by atomic mass is 10.1. The van der Waals surface area contributed by atoms with Gasteiger partial charge in [0.15, 0.2) is 11.6 Å². The van der Waals surface area contributed by atoms with Crippen LogP contribution in [0.15, 0.2) is 85.3 Å². The number of hydrogen-bond acceptors (Lipinski definition) is 5. The van der Waals surface area contributed by atoms with Crippen LogP contribution in [0.2, 0.25) is 0 Å². The van der Waals surface area contributed by atoms with Gasteiger partial charge in [0.05, 0.1) is 21.2 Å². The van der Waals surface area contributed by atoms with Gasteiger partial charge in [0, 0.05) is 42.1 Å². The van der Waals surface area contributed by atoms with Crippen LogP contribution in [0.3, 0.4) is 0 Å². The van der Waals surface area contributed by atoms with Gasteiger partial charge in [-0.1, -0.05) is 24.3 Å². The second-order valence-electron chi connectivity index (χ2n) is 7.16. The molecule has 0 N–H and O–H groups in total. The Morgan fingerprint density at radius 1 is 1.03 bits per heavy atom. The SMILES string of the molecule is O=[N+]([O-])c1ccc(Oc2ccnc3cc(-c4ccc(Cn5cccc5)cc4)sc23)c(F)c1. The Morgan fingerprint density at radius 2 is 1.81 bits per heavy atom. The average Bonchev–Trinajstić information content (AvgIpc) is 3.46. The predicted molar refractivity (Wildman–Crippen MR) is 122 cm³/mol. The fraction of sp³-hybridized carbons (Fsp3) is 0.0417. The molecule has 0 fully saturated rings. The number of thiophene rings is 1. The fourth-order valence-corrected chi connectivity index (χ4v) is 4.47. The van der Waals surface area contributed by atoms with Gasteiger partial charge in [-0.3, -0.25) is 15.1 Å². The molecule has 0 aliphatic rings. The molecule has 0 spiro atoms. The van der Waals surface area contributed by atoms with Crippen LogP contribution in [0.5, 0.6) is 11.5 Å². The van der Waals surface area contributed by atoms with E-state index in [1.165, 1.54) is 29.0 Å². The molecule has 3 heterocycles. The van der Waals surface area contributed by atoms with Crippen molar-refractivity contribution in [3.05, 3.63) is 107 Å². The highest BCUT2D eigenvalue weighted by molar-refractivity contribution is 7.22. The smallest absolute Gasteiger partial charge is 0.272 e. The lowest BCUT2D eigenvalue weighted by Crippen LogP contribution is -1.95. The fourth-order valence-electron chi connectivity index (χ4n) is 3.40. The highest BCUT2D eigenvalue weighted by atomic mass is 32.1. The molecule has 32 heavy (non-hydrogen) atoms. The number of benzene rings is 2. The van der Waals surface area contributed by atoms with Crippen molar-refractivity contribution in [2.24, 2.45) is 0 Å². The van der Waals surface area contributed by atoms with Crippen molar-refractivity contribution in [2.75, 3.05) is 0 Å². The summed E-state index contributed by atoms with van der Waals surface area (Å²) in [6.07, 6.45) is 5.65. The van der Waals surface area contributed by atoms with Gasteiger partial charge in [0.2, 0.25) is 0 Å². The minimum Gasteiger partial charge on any atom is -0.453 e. The van der Waals surface area contributed by atoms with Crippen LogP contribution < -0.4 is 4.74 Å². The van der Waals surface area contributed by atoms with Crippen molar-refractivity contribution in [2.45, 2.75) is 6.54 Å². The first-order valence-corrected chi connectivity index (χ1v) is 10.6. The van der Waals surface area contributed by atoms with Gasteiger partial charge < -0.3 is 9.30 Å². The molecule has 0 saturated heterocycles. The van der Waals surface area contributed by atoms with Gasteiger partial charge >= 0.3 is 0 Å². The summed E-state index contributed by atoms with van der Waals surface area (Å²) >= 11 is 1.50. The Kier molecular flexibility index (Phi) is 5.12. The molecule has 5 aromatic rings. The van der Waals surface area contributed by atoms with Gasteiger partial charge in [-0.25, -0.2) is 4.39 Å². The first kappa shape index (κ1) is 19.9. The number of nitro benzene ring substituents is 1. The molecular formula is C24H16FN3O3S. The standard InChI is InChI=1S/C24H16FN3O3S/c25-19-13-18(28(29)30)7-8-21(19)31-22-9-10-26-20-14-23(32-24(20)22)17-5-3-16(4-6-17)15-27-11-1-2-12-27/h1-14H,15H2. The van der Waals surface area contributed by atoms with E-state index in [-0.39, 0.29) is 11.4 Å². The van der Waals surface area contributed by atoms with Crippen LogP contribution in [0, 0.1) is 15.9 Å². The third kappa shape index (κ3) is 3.95. The van der Waals surface area contributed by atoms with Gasteiger partial charge in [-0.15, -0.1) is 11.3 Å². The van der Waals surface area contributed by atoms with Crippen LogP contribution in [0.25, 0.3) is 20.7 Å². The molecule has 0 saturated carbocycles. The van der Waals surface area contributed by atoms with Crippen molar-refractivity contribution in [1.29, 1.82) is 0 Å². The van der Waals surface area contributed by atoms with Crippen molar-refractivity contribution in [1.82, 2.24) is 9.55 Å². The van der Waals surface area contributed by atoms with E-state index in [4.69, 9.17) is 4.74 Å². The minimum absolute atomic E-state index is 0.0765. The topological polar surface area (TPSA) is 70.2 Å². The Bertz CT molecular complexity index is 1410. The number of pyridine rings is 1. The third-order valence-corrected chi connectivity index (χ3v) is 6.18. The number of nitro groups is 1. The van der Waals surface area contributed by atoms with E-state index in [1.54, 1.807) is 12.3 Å². The molecule has 158 valence electrons. The molecule has 2 aromatic carbocycles. The Hall–Kier alpha value is -4.04. The average molecular weight is 445 g/mol. The predicted octanol–water partition coefficient (Wildman–Crippen LogP) is 6.65. The number of hydrogen-bond donors (Lipinski definition) is 0. The number of halogens is 1. The Labute approximate surface area is 186 Å². The zero-order valence-electron chi connectivity index (χ0n) is 16.6. The number of non-ortho nitro benzene ring substituents is 1. The highest BCUT2D eigenvalue weighted by Crippen LogP contribution is 2.39. The molecule has 8 heteroatoms. The number of rotatable bonds is 6. The molecule has 0 bridgehead atoms. The van der Waals surface area contributed by atoms with E-state index in [1.807, 2.05) is 30.6 Å². The van der Waals surface area contributed by atoms with Crippen LogP contribution in [0.1, 0.15) is 5.56 Å². The van der Waals surface area contributed by atoms with E-state index < -0.39 is 10.7 Å². The third-order valence-electron chi connectivity index (χ3n) is 4.99. The van der Waals surface area contributed by atoms with E-state index in [2.05, 4.69) is 33.8 Å². The number of nitrogens with zero attached hydrogens (tertiary/aromatic N) is 3. The molecule has 5 rings (SSSR count). The van der Waals surface area contributed by atoms with Crippen molar-refractivity contribution in [3.8, 4) is 21.9 Å². The number of fused-ring (bicyclic) bond motifs is 1. The monoisotopic (exact) mass is 445 g/mol. The largest absolute Gasteiger partial charge is 0.453 e. The van der Waals surface area contributed by atoms with Crippen LogP contribution in [-0.2, 0) is 6.54 Å². The molecule has 0 atom stereocenters. The number of ether oxygens (including phenoxy) is 1. The summed E-state index contributed by atoms with van der Waals surface area (Å²) < 4.78 is 22.9. The highest BCUT2D eigenvalue weighted by Gasteiger charge is 2.15. The Morgan fingerprint density at radius 3 is 2.53 bits per heavy atom. The maximum Gasteiger partial charge on any atom is 0.272 e. The lowest BCUT2D eigenvalue weighted by molar-refractivity contribution is -0.385. The van der Waals surface area contributed by atoms with Crippen molar-refractivity contribution >= 4 is 27.2 Å². The maximum atomic E-state index is 14.3. The molecule has 6 nitrogen and oxygen atoms in total. The molecule has 0 amide bonds. The van der Waals surface area contributed by atoms with Crippen molar-refractivity contribution in [3.63, 3.8) is 0 Å². The molecule has 0 aliphatic heterocycles. The zero-order chi connectivity index (χ0) is 22.1. The zero-order valence-corrected chi connectivity index (χ0v) is 17.5. The molecule has 0 aliphatic carbocycles. The van der Waals surface area contributed by atoms with E-state index in [0.29, 0.717) is 5.75 Å². The van der Waals surface area contributed by atoms with Gasteiger partial charge in [0.1, 0.15) is 5.75 Å². The van der Waals surface area contributed by atoms with Gasteiger partial charge in [-0.05, 0) is 35.4 Å². The molecular weight excluding hydrogens is 429 g/mol. The summed E-state index contributed by atoms with van der Waals surface area (Å²) in [6.45, 7) is 0.806. The first-order chi connectivity index (χ1) is 15.6. The summed E-state index contributed by atoms with van der Waals surface area (Å²) in [7, 11) is 0. The molecule has 0 unspecified atom stereocenters. The van der Waals surface area contributed by atoms with Gasteiger partial charge in [-0.2, -0.15) is 0 Å². The van der Waals surface area contributed by atoms with Gasteiger partial charge in [0.25, 0.3) is 5.69 Å². The quantitative estimate of drug-likeness (QED) is 0.217. The van der Waals surface area contributed by atoms with Crippen LogP contribution in [0.4, 0.5) is 10.1 Å². The summed E-state index contributed by atoms with van der Waals surface area (Å²) in [5.74, 6) is -0.421. The summed E-state index contributed by atoms with van der Waals surface area (Å²) in [4.78, 5) is 15.6. The van der Waals surface area contributed by atoms with E-state index >= 15 is 0 Å². The van der Waals surface area contributed by atoms with Crippen LogP contribution in [-0.4, -0.2) is 14.5 Å². The van der Waals surface area contributed by atoms with E-state index in [9.17, 15) is 14.5 Å². The first-order valence-electron chi connectivity index (χ1n) is 9.77.